The number of esters is 1. The number of nitrogens with zero attached hydrogens (tertiary/aromatic N) is 4. The van der Waals surface area contributed by atoms with Crippen LogP contribution in [0.5, 0.6) is 0 Å². The highest BCUT2D eigenvalue weighted by Gasteiger charge is 2.17. The Morgan fingerprint density at radius 2 is 1.76 bits per heavy atom. The number of hydrogen-bond acceptors (Lipinski definition) is 8. The van der Waals surface area contributed by atoms with E-state index >= 15 is 0 Å². The standard InChI is InChI=1S/C33H47N5O3S/c1-9-11-12-25(10-2)20-41-32(40)26-13-14-27-31(16-26)42-33(35-27)37-36-29-15-23(7)30(17-28(29)34-24(8)39)38(18-21(3)4)19-22(5)6/h13-17,21-22,25H,9-12,18-20H2,1-8H3,(H,34,39). The van der Waals surface area contributed by atoms with Crippen molar-refractivity contribution in [2.24, 2.45) is 28.0 Å². The highest BCUT2D eigenvalue weighted by Crippen LogP contribution is 2.37. The fourth-order valence-corrected chi connectivity index (χ4v) is 5.73. The minimum absolute atomic E-state index is 0.171. The smallest absolute Gasteiger partial charge is 0.338 e. The number of rotatable bonds is 15. The van der Waals surface area contributed by atoms with Crippen LogP contribution >= 0.6 is 11.3 Å². The van der Waals surface area contributed by atoms with Gasteiger partial charge in [-0.3, -0.25) is 4.79 Å². The SMILES string of the molecule is CCCCC(CC)COC(=O)c1ccc2nc(N=Nc3cc(C)c(N(CC(C)C)CC(C)C)cc3NC(C)=O)sc2c1. The summed E-state index contributed by atoms with van der Waals surface area (Å²) in [6.45, 7) is 19.0. The first kappa shape index (κ1) is 33.2. The number of aryl methyl sites for hydroxylation is 1. The molecule has 1 aromatic heterocycles. The van der Waals surface area contributed by atoms with Gasteiger partial charge in [-0.25, -0.2) is 9.78 Å². The van der Waals surface area contributed by atoms with Gasteiger partial charge in [-0.2, -0.15) is 0 Å². The summed E-state index contributed by atoms with van der Waals surface area (Å²) < 4.78 is 6.47. The van der Waals surface area contributed by atoms with E-state index in [1.165, 1.54) is 18.3 Å². The van der Waals surface area contributed by atoms with Crippen LogP contribution in [0.25, 0.3) is 10.2 Å². The lowest BCUT2D eigenvalue weighted by atomic mass is 10.0. The summed E-state index contributed by atoms with van der Waals surface area (Å²) in [5.74, 6) is 0.888. The minimum atomic E-state index is -0.317. The minimum Gasteiger partial charge on any atom is -0.462 e. The molecule has 1 atom stereocenters. The molecule has 0 fully saturated rings. The molecule has 1 unspecified atom stereocenters. The van der Waals surface area contributed by atoms with Crippen LogP contribution in [0.1, 0.15) is 90.1 Å². The van der Waals surface area contributed by atoms with Gasteiger partial charge in [0.15, 0.2) is 0 Å². The second-order valence-corrected chi connectivity index (χ2v) is 12.9. The summed E-state index contributed by atoms with van der Waals surface area (Å²) in [5, 5.41) is 12.3. The lowest BCUT2D eigenvalue weighted by Gasteiger charge is -2.30. The average Bonchev–Trinajstić information content (AvgIpc) is 3.34. The number of hydrogen-bond donors (Lipinski definition) is 1. The molecule has 0 saturated heterocycles. The number of fused-ring (bicyclic) bond motifs is 1. The van der Waals surface area contributed by atoms with Crippen molar-refractivity contribution < 1.29 is 14.3 Å². The van der Waals surface area contributed by atoms with Gasteiger partial charge in [-0.1, -0.05) is 72.1 Å². The first-order valence-corrected chi connectivity index (χ1v) is 16.0. The van der Waals surface area contributed by atoms with Crippen LogP contribution in [0.3, 0.4) is 0 Å². The predicted molar refractivity (Wildman–Crippen MR) is 175 cm³/mol. The molecule has 42 heavy (non-hydrogen) atoms. The molecule has 0 spiro atoms. The Morgan fingerprint density at radius 1 is 1.05 bits per heavy atom. The Labute approximate surface area is 255 Å². The summed E-state index contributed by atoms with van der Waals surface area (Å²) in [5.41, 5.74) is 4.57. The van der Waals surface area contributed by atoms with Crippen LogP contribution in [-0.2, 0) is 9.53 Å². The van der Waals surface area contributed by atoms with Crippen molar-refractivity contribution in [2.75, 3.05) is 29.9 Å². The fraction of sp³-hybridized carbons (Fsp3) is 0.545. The second-order valence-electron chi connectivity index (χ2n) is 11.9. The quantitative estimate of drug-likeness (QED) is 0.140. The van der Waals surface area contributed by atoms with Crippen LogP contribution < -0.4 is 10.2 Å². The van der Waals surface area contributed by atoms with Crippen molar-refractivity contribution in [1.82, 2.24) is 4.98 Å². The molecule has 228 valence electrons. The summed E-state index contributed by atoms with van der Waals surface area (Å²) in [6, 6.07) is 9.33. The first-order chi connectivity index (χ1) is 20.0. The molecule has 1 N–H and O–H groups in total. The van der Waals surface area contributed by atoms with Crippen molar-refractivity contribution in [2.45, 2.75) is 81.1 Å². The third-order valence-electron chi connectivity index (χ3n) is 6.99. The maximum atomic E-state index is 12.7. The molecule has 1 heterocycles. The highest BCUT2D eigenvalue weighted by molar-refractivity contribution is 7.21. The summed E-state index contributed by atoms with van der Waals surface area (Å²) >= 11 is 1.36. The first-order valence-electron chi connectivity index (χ1n) is 15.2. The molecule has 0 aliphatic heterocycles. The molecule has 0 saturated carbocycles. The maximum absolute atomic E-state index is 12.7. The van der Waals surface area contributed by atoms with Crippen molar-refractivity contribution in [1.29, 1.82) is 0 Å². The van der Waals surface area contributed by atoms with Crippen LogP contribution in [-0.4, -0.2) is 36.6 Å². The monoisotopic (exact) mass is 593 g/mol. The molecule has 0 aliphatic rings. The van der Waals surface area contributed by atoms with Gasteiger partial charge in [0.2, 0.25) is 11.0 Å². The molecule has 3 aromatic rings. The van der Waals surface area contributed by atoms with E-state index in [2.05, 4.69) is 73.9 Å². The molecular formula is C33H47N5O3S. The topological polar surface area (TPSA) is 96.2 Å². The third kappa shape index (κ3) is 9.61. The Morgan fingerprint density at radius 3 is 2.38 bits per heavy atom. The molecule has 9 heteroatoms. The zero-order chi connectivity index (χ0) is 30.8. The van der Waals surface area contributed by atoms with E-state index in [1.54, 1.807) is 12.1 Å². The molecule has 0 radical (unpaired) electrons. The van der Waals surface area contributed by atoms with E-state index in [0.29, 0.717) is 46.4 Å². The van der Waals surface area contributed by atoms with Gasteiger partial charge in [0, 0.05) is 25.7 Å². The van der Waals surface area contributed by atoms with E-state index in [0.717, 1.165) is 60.2 Å². The molecule has 3 rings (SSSR count). The van der Waals surface area contributed by atoms with E-state index in [-0.39, 0.29) is 11.9 Å². The number of amides is 1. The highest BCUT2D eigenvalue weighted by atomic mass is 32.1. The lowest BCUT2D eigenvalue weighted by Crippen LogP contribution is -2.32. The van der Waals surface area contributed by atoms with Crippen molar-refractivity contribution in [3.8, 4) is 0 Å². The Balaban J connectivity index is 1.84. The van der Waals surface area contributed by atoms with Crippen LogP contribution in [0.4, 0.5) is 22.2 Å². The number of thiazole rings is 1. The number of azo groups is 1. The summed E-state index contributed by atoms with van der Waals surface area (Å²) in [4.78, 5) is 31.8. The lowest BCUT2D eigenvalue weighted by molar-refractivity contribution is -0.114. The van der Waals surface area contributed by atoms with E-state index in [9.17, 15) is 9.59 Å². The van der Waals surface area contributed by atoms with Crippen LogP contribution in [0.15, 0.2) is 40.6 Å². The molecular weight excluding hydrogens is 546 g/mol. The Kier molecular flexibility index (Phi) is 12.5. The zero-order valence-corrected chi connectivity index (χ0v) is 27.3. The molecule has 8 nitrogen and oxygen atoms in total. The Bertz CT molecular complexity index is 1370. The number of anilines is 2. The average molecular weight is 594 g/mol. The normalized spacial score (nSPS) is 12.4. The number of carbonyl (C=O) groups excluding carboxylic acids is 2. The number of nitrogens with one attached hydrogen (secondary N) is 1. The van der Waals surface area contributed by atoms with E-state index in [1.807, 2.05) is 18.2 Å². The van der Waals surface area contributed by atoms with Gasteiger partial charge >= 0.3 is 5.97 Å². The van der Waals surface area contributed by atoms with Gasteiger partial charge in [-0.05, 0) is 67.0 Å². The molecule has 1 amide bonds. The van der Waals surface area contributed by atoms with E-state index in [4.69, 9.17) is 4.74 Å². The second kappa shape index (κ2) is 15.8. The van der Waals surface area contributed by atoms with Gasteiger partial charge in [0.1, 0.15) is 5.69 Å². The molecule has 2 aromatic carbocycles. The molecule has 0 aliphatic carbocycles. The molecule has 0 bridgehead atoms. The number of unbranched alkanes of at least 4 members (excludes halogenated alkanes) is 1. The van der Waals surface area contributed by atoms with Gasteiger partial charge in [0.25, 0.3) is 0 Å². The van der Waals surface area contributed by atoms with Gasteiger partial charge in [-0.15, -0.1) is 10.2 Å². The fourth-order valence-electron chi connectivity index (χ4n) is 4.90. The van der Waals surface area contributed by atoms with Crippen molar-refractivity contribution >= 4 is 55.6 Å². The number of aromatic nitrogens is 1. The number of ether oxygens (including phenoxy) is 1. The van der Waals surface area contributed by atoms with Crippen molar-refractivity contribution in [3.05, 3.63) is 41.5 Å². The van der Waals surface area contributed by atoms with Crippen LogP contribution in [0.2, 0.25) is 0 Å². The number of benzene rings is 2. The van der Waals surface area contributed by atoms with Gasteiger partial charge < -0.3 is 15.0 Å². The zero-order valence-electron chi connectivity index (χ0n) is 26.5. The van der Waals surface area contributed by atoms with E-state index < -0.39 is 0 Å². The van der Waals surface area contributed by atoms with Crippen LogP contribution in [0, 0.1) is 24.7 Å². The Hall–Kier alpha value is -3.33. The summed E-state index contributed by atoms with van der Waals surface area (Å²) in [7, 11) is 0. The third-order valence-corrected chi connectivity index (χ3v) is 7.89. The van der Waals surface area contributed by atoms with Gasteiger partial charge in [0.05, 0.1) is 28.1 Å². The maximum Gasteiger partial charge on any atom is 0.338 e. The van der Waals surface area contributed by atoms with Crippen molar-refractivity contribution in [3.63, 3.8) is 0 Å². The largest absolute Gasteiger partial charge is 0.462 e. The predicted octanol–water partition coefficient (Wildman–Crippen LogP) is 9.47. The number of carbonyl (C=O) groups is 2. The summed E-state index contributed by atoms with van der Waals surface area (Å²) in [6.07, 6.45) is 4.35.